The van der Waals surface area contributed by atoms with E-state index in [9.17, 15) is 4.79 Å². The van der Waals surface area contributed by atoms with Crippen LogP contribution in [0.15, 0.2) is 0 Å². The van der Waals surface area contributed by atoms with Gasteiger partial charge in [0.2, 0.25) is 0 Å². The van der Waals surface area contributed by atoms with Crippen LogP contribution in [0, 0.1) is 0 Å². The van der Waals surface area contributed by atoms with Crippen molar-refractivity contribution in [2.75, 3.05) is 0 Å². The van der Waals surface area contributed by atoms with Crippen LogP contribution in [0.1, 0.15) is 13.3 Å². The van der Waals surface area contributed by atoms with Crippen molar-refractivity contribution < 1.29 is 15.4 Å². The normalized spacial score (nSPS) is 5.29. The van der Waals surface area contributed by atoms with Crippen molar-refractivity contribution in [1.82, 2.24) is 0 Å². The predicted octanol–water partition coefficient (Wildman–Crippen LogP) is -1.53. The minimum atomic E-state index is -0.745. The van der Waals surface area contributed by atoms with Gasteiger partial charge in [0.05, 0.1) is 0 Å². The van der Waals surface area contributed by atoms with Crippen LogP contribution in [0.25, 0.3) is 0 Å². The fourth-order valence-electron chi connectivity index (χ4n) is 0. The fourth-order valence-corrected chi connectivity index (χ4v) is 0. The van der Waals surface area contributed by atoms with Gasteiger partial charge in [0, 0.05) is 6.42 Å². The van der Waals surface area contributed by atoms with Crippen LogP contribution >= 0.6 is 0 Å². The van der Waals surface area contributed by atoms with Crippen LogP contribution in [-0.4, -0.2) is 42.8 Å². The molecule has 0 aromatic rings. The van der Waals surface area contributed by atoms with Crippen molar-refractivity contribution in [3.63, 3.8) is 0 Å². The summed E-state index contributed by atoms with van der Waals surface area (Å²) in [6.45, 7) is 1.60. The van der Waals surface area contributed by atoms with Gasteiger partial charge in [-0.15, -0.1) is 0 Å². The molecule has 0 aliphatic carbocycles. The SMILES string of the molecule is CCC(=O)O.O.[BiH3]. The standard InChI is InChI=1S/C3H6O2.Bi.H2O.3H/c1-2-3(4)5;;;;;/h2H2,1H3,(H,4,5);;1H2;;;. The Labute approximate surface area is 61.2 Å². The third kappa shape index (κ3) is 21.9. The Kier molecular flexibility index (Phi) is 21.4. The van der Waals surface area contributed by atoms with E-state index in [4.69, 9.17) is 5.11 Å². The molecule has 0 amide bonds. The third-order valence-corrected chi connectivity index (χ3v) is 0.302. The number of carboxylic acid groups (broad SMARTS) is 1. The summed E-state index contributed by atoms with van der Waals surface area (Å²) in [5.74, 6) is -0.745. The molecule has 0 aromatic carbocycles. The van der Waals surface area contributed by atoms with Crippen LogP contribution in [0.4, 0.5) is 0 Å². The second kappa shape index (κ2) is 9.58. The van der Waals surface area contributed by atoms with E-state index in [-0.39, 0.29) is 38.1 Å². The molecule has 0 fully saturated rings. The first-order valence-electron chi connectivity index (χ1n) is 1.49. The van der Waals surface area contributed by atoms with Gasteiger partial charge in [-0.05, 0) is 0 Å². The number of aliphatic carboxylic acids is 1. The molecule has 4 heteroatoms. The van der Waals surface area contributed by atoms with E-state index in [2.05, 4.69) is 0 Å². The Morgan fingerprint density at radius 3 is 1.86 bits per heavy atom. The zero-order valence-corrected chi connectivity index (χ0v) is 9.77. The minimum absolute atomic E-state index is 0. The van der Waals surface area contributed by atoms with E-state index in [1.807, 2.05) is 0 Å². The van der Waals surface area contributed by atoms with Gasteiger partial charge in [-0.25, -0.2) is 0 Å². The van der Waals surface area contributed by atoms with Crippen molar-refractivity contribution in [3.05, 3.63) is 0 Å². The molecule has 0 bridgehead atoms. The van der Waals surface area contributed by atoms with Crippen LogP contribution in [0.5, 0.6) is 0 Å². The second-order valence-electron chi connectivity index (χ2n) is 0.747. The Balaban J connectivity index is -0.0000000800. The van der Waals surface area contributed by atoms with E-state index in [0.717, 1.165) is 0 Å². The van der Waals surface area contributed by atoms with E-state index in [1.54, 1.807) is 6.92 Å². The number of rotatable bonds is 1. The average molecular weight is 304 g/mol. The summed E-state index contributed by atoms with van der Waals surface area (Å²) in [7, 11) is 0. The Morgan fingerprint density at radius 2 is 1.86 bits per heavy atom. The van der Waals surface area contributed by atoms with Crippen molar-refractivity contribution in [2.45, 2.75) is 13.3 Å². The average Bonchev–Trinajstić information content (AvgIpc) is 1.38. The van der Waals surface area contributed by atoms with Crippen molar-refractivity contribution in [1.29, 1.82) is 0 Å². The van der Waals surface area contributed by atoms with Gasteiger partial charge in [-0.3, -0.25) is 4.79 Å². The van der Waals surface area contributed by atoms with Gasteiger partial charge in [-0.2, -0.15) is 0 Å². The summed E-state index contributed by atoms with van der Waals surface area (Å²) in [6.07, 6.45) is 0.222. The van der Waals surface area contributed by atoms with Gasteiger partial charge in [0.1, 0.15) is 0 Å². The van der Waals surface area contributed by atoms with Crippen LogP contribution in [0.3, 0.4) is 0 Å². The van der Waals surface area contributed by atoms with E-state index in [0.29, 0.717) is 0 Å². The quantitative estimate of drug-likeness (QED) is 0.597. The molecule has 3 nitrogen and oxygen atoms in total. The molecule has 0 atom stereocenters. The third-order valence-electron chi connectivity index (χ3n) is 0.302. The molecule has 0 aliphatic rings. The van der Waals surface area contributed by atoms with Crippen molar-refractivity contribution in [2.24, 2.45) is 0 Å². The molecule has 0 spiro atoms. The maximum absolute atomic E-state index is 9.37. The Hall–Kier alpha value is 0.313. The summed E-state index contributed by atoms with van der Waals surface area (Å²) in [5.41, 5.74) is 0. The topological polar surface area (TPSA) is 68.8 Å². The Bertz CT molecular complexity index is 45.4. The maximum atomic E-state index is 9.37. The first-order chi connectivity index (χ1) is 2.27. The molecule has 0 unspecified atom stereocenters. The molecular weight excluding hydrogens is 293 g/mol. The molecule has 46 valence electrons. The van der Waals surface area contributed by atoms with Crippen molar-refractivity contribution >= 4 is 32.2 Å². The van der Waals surface area contributed by atoms with Gasteiger partial charge < -0.3 is 10.6 Å². The van der Waals surface area contributed by atoms with Gasteiger partial charge in [0.25, 0.3) is 0 Å². The molecule has 0 saturated carbocycles. The molecule has 0 heterocycles. The summed E-state index contributed by atoms with van der Waals surface area (Å²) in [4.78, 5) is 9.37. The second-order valence-corrected chi connectivity index (χ2v) is 0.747. The van der Waals surface area contributed by atoms with Crippen LogP contribution in [0.2, 0.25) is 0 Å². The van der Waals surface area contributed by atoms with Gasteiger partial charge in [0.15, 0.2) is 0 Å². The zero-order valence-electron chi connectivity index (χ0n) is 4.27. The fraction of sp³-hybridized carbons (Fsp3) is 0.667. The number of carboxylic acids is 1. The molecule has 0 aliphatic heterocycles. The number of hydrogen-bond acceptors (Lipinski definition) is 1. The predicted molar refractivity (Wildman–Crippen MR) is 31.5 cm³/mol. The molecule has 0 aromatic heterocycles. The molecule has 3 N–H and O–H groups in total. The molecule has 7 heavy (non-hydrogen) atoms. The van der Waals surface area contributed by atoms with Crippen molar-refractivity contribution in [3.8, 4) is 0 Å². The van der Waals surface area contributed by atoms with E-state index >= 15 is 0 Å². The summed E-state index contributed by atoms with van der Waals surface area (Å²) < 4.78 is 0. The zero-order chi connectivity index (χ0) is 4.28. The molecular formula is C3H11BiO3. The molecule has 0 saturated heterocycles. The summed E-state index contributed by atoms with van der Waals surface area (Å²) >= 11 is 0. The van der Waals surface area contributed by atoms with Gasteiger partial charge in [-0.1, -0.05) is 6.92 Å². The monoisotopic (exact) mass is 304 g/mol. The molecule has 0 radical (unpaired) electrons. The summed E-state index contributed by atoms with van der Waals surface area (Å²) in [5, 5.41) is 7.72. The Morgan fingerprint density at radius 1 is 1.71 bits per heavy atom. The van der Waals surface area contributed by atoms with Crippen LogP contribution < -0.4 is 0 Å². The number of hydrogen-bond donors (Lipinski definition) is 1. The van der Waals surface area contributed by atoms with E-state index < -0.39 is 5.97 Å². The van der Waals surface area contributed by atoms with E-state index in [1.165, 1.54) is 0 Å². The molecule has 0 rings (SSSR count). The first-order valence-corrected chi connectivity index (χ1v) is 1.49. The number of carbonyl (C=O) groups is 1. The summed E-state index contributed by atoms with van der Waals surface area (Å²) in [6, 6.07) is 0. The van der Waals surface area contributed by atoms with Crippen LogP contribution in [-0.2, 0) is 4.79 Å². The first kappa shape index (κ1) is 15.7. The van der Waals surface area contributed by atoms with Gasteiger partial charge >= 0.3 is 32.2 Å².